The molecule has 0 radical (unpaired) electrons. The number of carbonyl (C=O) groups is 3. The summed E-state index contributed by atoms with van der Waals surface area (Å²) in [5, 5.41) is 8.67. The highest BCUT2D eigenvalue weighted by Gasteiger charge is 2.42. The molecule has 5 saturated heterocycles. The maximum atomic E-state index is 13.7. The fourth-order valence-electron chi connectivity index (χ4n) is 12.9. The number of aliphatic imine (C=N–C) groups is 3. The van der Waals surface area contributed by atoms with Crippen molar-refractivity contribution < 1.29 is 68.2 Å². The van der Waals surface area contributed by atoms with Crippen molar-refractivity contribution in [2.45, 2.75) is 171 Å². The zero-order chi connectivity index (χ0) is 81.2. The van der Waals surface area contributed by atoms with E-state index in [4.69, 9.17) is 39.4 Å². The molecule has 5 aliphatic heterocycles. The number of aromatic nitrogens is 6. The number of amidine groups is 3. The van der Waals surface area contributed by atoms with Gasteiger partial charge in [0.05, 0.1) is 13.1 Å². The van der Waals surface area contributed by atoms with Gasteiger partial charge in [-0.1, -0.05) is 0 Å². The predicted octanol–water partition coefficient (Wildman–Crippen LogP) is 15.3. The monoisotopic (exact) mass is 1650 g/mol. The van der Waals surface area contributed by atoms with E-state index in [1.54, 1.807) is 68.1 Å². The molecule has 3 aromatic carbocycles. The van der Waals surface area contributed by atoms with E-state index >= 15 is 0 Å². The van der Waals surface area contributed by atoms with Gasteiger partial charge in [-0.3, -0.25) is 19.3 Å². The van der Waals surface area contributed by atoms with Crippen molar-refractivity contribution >= 4 is 122 Å². The summed E-state index contributed by atoms with van der Waals surface area (Å²) in [5.41, 5.74) is 37.8. The number of nitrogens with two attached hydrogens (primary N) is 6. The molecular formula is C75H112F9N23O3S3. The lowest BCUT2D eigenvalue weighted by Gasteiger charge is -2.37. The van der Waals surface area contributed by atoms with Crippen molar-refractivity contribution in [1.82, 2.24) is 39.7 Å². The van der Waals surface area contributed by atoms with Gasteiger partial charge in [0.25, 0.3) is 5.92 Å². The molecule has 3 amide bonds. The van der Waals surface area contributed by atoms with Gasteiger partial charge in [0, 0.05) is 145 Å². The van der Waals surface area contributed by atoms with Crippen LogP contribution in [0.4, 0.5) is 91.5 Å². The number of amides is 3. The average molecular weight is 1650 g/mol. The van der Waals surface area contributed by atoms with Crippen molar-refractivity contribution in [3.8, 4) is 0 Å². The number of likely N-dealkylation sites (tertiary alicyclic amines) is 2. The van der Waals surface area contributed by atoms with Crippen LogP contribution in [0, 0.1) is 5.92 Å². The molecule has 1 atom stereocenters. The van der Waals surface area contributed by atoms with Crippen LogP contribution in [0.15, 0.2) is 171 Å². The summed E-state index contributed by atoms with van der Waals surface area (Å²) in [4.78, 5) is 88.8. The van der Waals surface area contributed by atoms with Crippen LogP contribution in [0.25, 0.3) is 0 Å². The van der Waals surface area contributed by atoms with E-state index in [-0.39, 0.29) is 74.6 Å². The van der Waals surface area contributed by atoms with Crippen LogP contribution in [0.1, 0.15) is 119 Å². The van der Waals surface area contributed by atoms with Gasteiger partial charge in [-0.2, -0.15) is 26.3 Å². The number of carbonyl (C=O) groups excluding carboxylic acids is 3. The Hall–Kier alpha value is -9.92. The topological polar surface area (TPSA) is 374 Å². The zero-order valence-electron chi connectivity index (χ0n) is 62.5. The molecular weight excluding hydrogens is 1540 g/mol. The van der Waals surface area contributed by atoms with Crippen molar-refractivity contribution in [2.24, 2.45) is 55.3 Å². The van der Waals surface area contributed by atoms with Crippen LogP contribution in [-0.4, -0.2) is 177 Å². The maximum Gasteiger partial charge on any atom is 0.397 e. The summed E-state index contributed by atoms with van der Waals surface area (Å²) in [6.07, 6.45) is 0.891. The average Bonchev–Trinajstić information content (AvgIpc) is 1.60. The molecule has 0 bridgehead atoms. The first-order valence-corrected chi connectivity index (χ1v) is 39.2. The Balaban J connectivity index is 0.00000175. The maximum absolute atomic E-state index is 13.7. The smallest absolute Gasteiger partial charge is 0.397 e. The van der Waals surface area contributed by atoms with Gasteiger partial charge in [0.15, 0.2) is 32.9 Å². The molecule has 6 aliphatic rings. The first-order chi connectivity index (χ1) is 53.6. The Morgan fingerprint density at radius 2 is 0.832 bits per heavy atom. The number of allylic oxidation sites excluding steroid dienone is 3. The lowest BCUT2D eigenvalue weighted by molar-refractivity contribution is -0.151. The third-order valence-electron chi connectivity index (χ3n) is 18.2. The van der Waals surface area contributed by atoms with E-state index in [0.29, 0.717) is 135 Å². The summed E-state index contributed by atoms with van der Waals surface area (Å²) < 4.78 is 115. The Bertz CT molecular complexity index is 4490. The van der Waals surface area contributed by atoms with E-state index in [0.717, 1.165) is 55.2 Å². The second kappa shape index (κ2) is 39.2. The molecule has 1 aliphatic carbocycles. The summed E-state index contributed by atoms with van der Waals surface area (Å²) in [5.74, 6) is -0.651. The van der Waals surface area contributed by atoms with Crippen LogP contribution in [0.2, 0.25) is 0 Å². The van der Waals surface area contributed by atoms with Crippen LogP contribution in [0.5, 0.6) is 0 Å². The van der Waals surface area contributed by atoms with Crippen LogP contribution in [0.3, 0.4) is 0 Å². The first kappa shape index (κ1) is 85.5. The SMILES string of the molecule is CC(N)=CC(N)=Nc1cc(N2CCC(F)C2)nc(Sc2ccc(NC(=O)CC(F)(F)F)cc2)n1.CC(N)=CC(N)=Nc1cc(N2CCC(N3CCC(F)(F)C3)CC2)nc(Sc2ccc(NC(=O)CC(F)(F)F)cc2)n1.CC(N)=CC(N)=Nc1cc(N2CCC(N3CCCC3)CC2)nc(Sc2ccc(NC(=O)CC3CC3)cc2)n1.[HH].[HH].[HH].[HH].[HH].[HH].[HH].[HH].[HH].[HH]. The standard InChI is InChI=1S/C28H38N8OS.C26H31F5N8OS.C21H23F4N7OS.10H2/c1-19(29)16-24(30)32-25-18-26(36-14-10-22(11-15-36)35-12-2-3-13-35)34-28(33-25)38-23-8-6-21(7-9-23)31-27(37)17-20-4-5-20;1-16(32)12-20(33)35-21-13-22(38-9-6-18(7-10-38)39-11-8-25(27,28)15-39)37-24(36-21)41-19-4-2-17(3-5-19)34-23(40)14-26(29,30)31;1-12(26)8-16(27)29-17-9-18(32-7-6-13(22)11-32)31-20(30-17)34-15-4-2-14(3-5-15)28-19(33)10-21(23,24)25;;;;;;;;;;/h6-9,16,18,20,22H,2-5,10-15,17,29H2,1H3,(H,31,37)(H2,30,32,33,34);2-5,12-13,18H,6-11,14-15,32H2,1H3,(H,34,40)(H2,33,35,36,37);2-5,8-9,13H,6-7,10-11,26H2,1H3,(H,28,33)(H2,27,29,30,31);10*1H. The molecule has 26 nitrogen and oxygen atoms in total. The number of halogens is 9. The fourth-order valence-corrected chi connectivity index (χ4v) is 15.2. The third-order valence-corrected chi connectivity index (χ3v) is 20.9. The van der Waals surface area contributed by atoms with Gasteiger partial charge in [0.1, 0.15) is 54.0 Å². The molecule has 113 heavy (non-hydrogen) atoms. The minimum atomic E-state index is -4.59. The summed E-state index contributed by atoms with van der Waals surface area (Å²) >= 11 is 3.83. The highest BCUT2D eigenvalue weighted by Crippen LogP contribution is 2.38. The number of benzene rings is 3. The van der Waals surface area contributed by atoms with Gasteiger partial charge in [0.2, 0.25) is 17.7 Å². The number of nitrogens with one attached hydrogen (secondary N) is 3. The molecule has 38 heteroatoms. The van der Waals surface area contributed by atoms with Crippen LogP contribution < -0.4 is 65.1 Å². The molecule has 15 N–H and O–H groups in total. The lowest BCUT2D eigenvalue weighted by Crippen LogP contribution is -2.45. The number of alkyl halides is 9. The minimum Gasteiger partial charge on any atom is -0.402 e. The van der Waals surface area contributed by atoms with Gasteiger partial charge in [-0.25, -0.2) is 58.1 Å². The second-order valence-corrected chi connectivity index (χ2v) is 31.3. The summed E-state index contributed by atoms with van der Waals surface area (Å²) in [6.45, 7) is 11.6. The zero-order valence-corrected chi connectivity index (χ0v) is 65.0. The number of nitrogens with zero attached hydrogens (tertiary/aromatic N) is 14. The van der Waals surface area contributed by atoms with Crippen LogP contribution in [-0.2, 0) is 14.4 Å². The Kier molecular flexibility index (Phi) is 29.7. The van der Waals surface area contributed by atoms with E-state index in [1.807, 2.05) is 35.2 Å². The quantitative estimate of drug-likeness (QED) is 0.0118. The van der Waals surface area contributed by atoms with E-state index in [9.17, 15) is 53.9 Å². The Morgan fingerprint density at radius 3 is 1.15 bits per heavy atom. The minimum absolute atomic E-state index is 0. The van der Waals surface area contributed by atoms with Crippen molar-refractivity contribution in [2.75, 3.05) is 96.1 Å². The van der Waals surface area contributed by atoms with Gasteiger partial charge >= 0.3 is 12.4 Å². The molecule has 1 unspecified atom stereocenters. The summed E-state index contributed by atoms with van der Waals surface area (Å²) in [7, 11) is 0. The third kappa shape index (κ3) is 28.9. The number of anilines is 6. The highest BCUT2D eigenvalue weighted by molar-refractivity contribution is 7.99. The van der Waals surface area contributed by atoms with E-state index < -0.39 is 49.1 Å². The normalized spacial score (nSPS) is 18.7. The van der Waals surface area contributed by atoms with Gasteiger partial charge in [-0.05, 0) is 224 Å². The fraction of sp³-hybridized carbons (Fsp3) is 0.440. The first-order valence-electron chi connectivity index (χ1n) is 36.8. The number of hydrogen-bond donors (Lipinski definition) is 9. The van der Waals surface area contributed by atoms with Crippen molar-refractivity contribution in [1.29, 1.82) is 0 Å². The molecule has 6 aromatic rings. The van der Waals surface area contributed by atoms with E-state index in [2.05, 4.69) is 70.5 Å². The number of hydrogen-bond acceptors (Lipinski definition) is 23. The molecule has 8 heterocycles. The molecule has 6 fully saturated rings. The van der Waals surface area contributed by atoms with E-state index in [1.165, 1.54) is 97.6 Å². The van der Waals surface area contributed by atoms with Crippen molar-refractivity contribution in [3.63, 3.8) is 0 Å². The second-order valence-electron chi connectivity index (χ2n) is 28.2. The molecule has 3 aromatic heterocycles. The predicted molar refractivity (Wildman–Crippen MR) is 445 cm³/mol. The van der Waals surface area contributed by atoms with Crippen molar-refractivity contribution in [3.05, 3.63) is 126 Å². The van der Waals surface area contributed by atoms with Gasteiger partial charge in [-0.15, -0.1) is 0 Å². The molecule has 0 spiro atoms. The number of rotatable bonds is 24. The molecule has 12 rings (SSSR count). The highest BCUT2D eigenvalue weighted by atomic mass is 32.2. The lowest BCUT2D eigenvalue weighted by atomic mass is 10.0. The molecule has 626 valence electrons. The molecule has 1 saturated carbocycles. The summed E-state index contributed by atoms with van der Waals surface area (Å²) in [6, 6.07) is 26.1. The van der Waals surface area contributed by atoms with Crippen LogP contribution >= 0.6 is 35.3 Å². The Labute approximate surface area is 676 Å². The largest absolute Gasteiger partial charge is 0.402 e. The number of piperidine rings is 2. The Morgan fingerprint density at radius 1 is 0.487 bits per heavy atom. The van der Waals surface area contributed by atoms with Gasteiger partial charge < -0.3 is 70.0 Å².